The molecule has 0 aromatic heterocycles. The van der Waals surface area contributed by atoms with Gasteiger partial charge in [-0.05, 0) is 31.1 Å². The van der Waals surface area contributed by atoms with Gasteiger partial charge in [0.15, 0.2) is 15.8 Å². The summed E-state index contributed by atoms with van der Waals surface area (Å²) in [5.41, 5.74) is 0.329. The molecule has 2 aliphatic heterocycles. The number of piperidine rings is 1. The summed E-state index contributed by atoms with van der Waals surface area (Å²) in [4.78, 5) is 18.7. The van der Waals surface area contributed by atoms with Crippen molar-refractivity contribution in [1.82, 2.24) is 15.5 Å². The van der Waals surface area contributed by atoms with Gasteiger partial charge in [0.2, 0.25) is 5.91 Å². The van der Waals surface area contributed by atoms with Crippen molar-refractivity contribution >= 4 is 21.7 Å². The van der Waals surface area contributed by atoms with Crippen LogP contribution in [0.15, 0.2) is 4.99 Å². The largest absolute Gasteiger partial charge is 0.356 e. The molecule has 2 saturated heterocycles. The molecule has 0 radical (unpaired) electrons. The zero-order valence-electron chi connectivity index (χ0n) is 16.4. The van der Waals surface area contributed by atoms with Crippen LogP contribution in [-0.2, 0) is 14.6 Å². The predicted octanol–water partition coefficient (Wildman–Crippen LogP) is 1.16. The number of likely N-dealkylation sites (tertiary alicyclic amines) is 1. The van der Waals surface area contributed by atoms with E-state index in [1.165, 1.54) is 19.3 Å². The normalized spacial score (nSPS) is 28.8. The summed E-state index contributed by atoms with van der Waals surface area (Å²) in [7, 11) is -1.19. The number of nitrogens with one attached hydrogen (secondary N) is 2. The highest BCUT2D eigenvalue weighted by molar-refractivity contribution is 7.91. The van der Waals surface area contributed by atoms with Gasteiger partial charge in [-0.15, -0.1) is 0 Å². The van der Waals surface area contributed by atoms with Crippen LogP contribution < -0.4 is 10.6 Å². The topological polar surface area (TPSA) is 90.9 Å². The van der Waals surface area contributed by atoms with Crippen molar-refractivity contribution in [3.05, 3.63) is 0 Å². The molecule has 0 aromatic rings. The second-order valence-electron chi connectivity index (χ2n) is 7.98. The van der Waals surface area contributed by atoms with Crippen LogP contribution in [0.4, 0.5) is 0 Å². The fourth-order valence-corrected chi connectivity index (χ4v) is 5.81. The van der Waals surface area contributed by atoms with Crippen LogP contribution in [0.3, 0.4) is 0 Å². The van der Waals surface area contributed by atoms with E-state index in [0.717, 1.165) is 25.5 Å². The van der Waals surface area contributed by atoms with Crippen molar-refractivity contribution < 1.29 is 13.2 Å². The van der Waals surface area contributed by atoms with Gasteiger partial charge in [0.1, 0.15) is 0 Å². The lowest BCUT2D eigenvalue weighted by Crippen LogP contribution is -2.50. The van der Waals surface area contributed by atoms with Crippen molar-refractivity contribution in [3.63, 3.8) is 0 Å². The van der Waals surface area contributed by atoms with Gasteiger partial charge in [0.25, 0.3) is 0 Å². The lowest BCUT2D eigenvalue weighted by Gasteiger charge is -2.42. The molecule has 0 aromatic carbocycles. The molecular formula is C18H34N4O3S. The van der Waals surface area contributed by atoms with Gasteiger partial charge >= 0.3 is 0 Å². The minimum absolute atomic E-state index is 0.0671. The maximum Gasteiger partial charge on any atom is 0.222 e. The summed E-state index contributed by atoms with van der Waals surface area (Å²) >= 11 is 0. The monoisotopic (exact) mass is 386 g/mol. The van der Waals surface area contributed by atoms with Gasteiger partial charge in [0, 0.05) is 39.1 Å². The fourth-order valence-electron chi connectivity index (χ4n) is 4.13. The Morgan fingerprint density at radius 1 is 1.38 bits per heavy atom. The molecule has 0 aliphatic carbocycles. The van der Waals surface area contributed by atoms with Crippen molar-refractivity contribution in [2.75, 3.05) is 38.2 Å². The standard InChI is InChI=1S/C18H34N4O3S/c1-4-8-18(2)9-5-11-22(14-18)17(19-3)20-10-6-16(23)21-15-7-12-26(24,25)13-15/h15H,4-14H2,1-3H3,(H,19,20)(H,21,23). The SMILES string of the molecule is CCCC1(C)CCCN(C(=NC)NCCC(=O)NC2CCS(=O)(=O)C2)C1. The molecule has 2 aliphatic rings. The van der Waals surface area contributed by atoms with E-state index < -0.39 is 9.84 Å². The third kappa shape index (κ3) is 6.14. The van der Waals surface area contributed by atoms with E-state index in [2.05, 4.69) is 34.4 Å². The molecule has 8 heteroatoms. The molecule has 0 spiro atoms. The van der Waals surface area contributed by atoms with Crippen LogP contribution in [0, 0.1) is 5.41 Å². The Bertz CT molecular complexity index is 616. The van der Waals surface area contributed by atoms with Crippen molar-refractivity contribution in [2.45, 2.75) is 58.4 Å². The Morgan fingerprint density at radius 3 is 2.77 bits per heavy atom. The summed E-state index contributed by atoms with van der Waals surface area (Å²) in [5, 5.41) is 6.11. The van der Waals surface area contributed by atoms with E-state index in [0.29, 0.717) is 24.8 Å². The lowest BCUT2D eigenvalue weighted by atomic mass is 9.78. The van der Waals surface area contributed by atoms with Crippen LogP contribution in [0.5, 0.6) is 0 Å². The number of amides is 1. The maximum atomic E-state index is 12.0. The Kier molecular flexibility index (Phi) is 7.32. The molecule has 26 heavy (non-hydrogen) atoms. The van der Waals surface area contributed by atoms with E-state index in [-0.39, 0.29) is 23.5 Å². The second kappa shape index (κ2) is 9.06. The lowest BCUT2D eigenvalue weighted by molar-refractivity contribution is -0.121. The van der Waals surface area contributed by atoms with E-state index in [1.54, 1.807) is 7.05 Å². The molecule has 150 valence electrons. The number of nitrogens with zero attached hydrogens (tertiary/aromatic N) is 2. The molecule has 0 bridgehead atoms. The second-order valence-corrected chi connectivity index (χ2v) is 10.2. The predicted molar refractivity (Wildman–Crippen MR) is 105 cm³/mol. The molecule has 1 amide bonds. The number of carbonyl (C=O) groups is 1. The molecule has 2 atom stereocenters. The zero-order valence-corrected chi connectivity index (χ0v) is 17.2. The van der Waals surface area contributed by atoms with Crippen LogP contribution in [-0.4, -0.2) is 69.4 Å². The van der Waals surface area contributed by atoms with Crippen molar-refractivity contribution in [3.8, 4) is 0 Å². The highest BCUT2D eigenvalue weighted by Gasteiger charge is 2.31. The van der Waals surface area contributed by atoms with E-state index in [9.17, 15) is 13.2 Å². The first-order chi connectivity index (χ1) is 12.3. The summed E-state index contributed by atoms with van der Waals surface area (Å²) in [5.74, 6) is 0.985. The van der Waals surface area contributed by atoms with E-state index in [4.69, 9.17) is 0 Å². The number of rotatable bonds is 6. The highest BCUT2D eigenvalue weighted by atomic mass is 32.2. The van der Waals surface area contributed by atoms with Crippen LogP contribution in [0.1, 0.15) is 52.4 Å². The van der Waals surface area contributed by atoms with Gasteiger partial charge in [0.05, 0.1) is 11.5 Å². The number of aliphatic imine (C=N–C) groups is 1. The summed E-state index contributed by atoms with van der Waals surface area (Å²) in [6.45, 7) is 7.06. The van der Waals surface area contributed by atoms with Crippen molar-refractivity contribution in [1.29, 1.82) is 0 Å². The molecule has 7 nitrogen and oxygen atoms in total. The Hall–Kier alpha value is -1.31. The average Bonchev–Trinajstić information content (AvgIpc) is 2.90. The summed E-state index contributed by atoms with van der Waals surface area (Å²) in [6, 6.07) is -0.233. The summed E-state index contributed by atoms with van der Waals surface area (Å²) < 4.78 is 22.9. The fraction of sp³-hybridized carbons (Fsp3) is 0.889. The van der Waals surface area contributed by atoms with Gasteiger partial charge < -0.3 is 15.5 Å². The summed E-state index contributed by atoms with van der Waals surface area (Å²) in [6.07, 6.45) is 5.65. The van der Waals surface area contributed by atoms with Gasteiger partial charge in [-0.2, -0.15) is 0 Å². The molecule has 2 N–H and O–H groups in total. The first-order valence-electron chi connectivity index (χ1n) is 9.72. The molecule has 2 unspecified atom stereocenters. The van der Waals surface area contributed by atoms with Gasteiger partial charge in [-0.3, -0.25) is 9.79 Å². The average molecular weight is 387 g/mol. The van der Waals surface area contributed by atoms with Gasteiger partial charge in [-0.25, -0.2) is 8.42 Å². The Balaban J connectivity index is 1.75. The molecule has 2 rings (SSSR count). The first kappa shape index (κ1) is 21.0. The number of carbonyl (C=O) groups excluding carboxylic acids is 1. The number of guanidine groups is 1. The van der Waals surface area contributed by atoms with Crippen LogP contribution in [0.2, 0.25) is 0 Å². The smallest absolute Gasteiger partial charge is 0.222 e. The number of hydrogen-bond donors (Lipinski definition) is 2. The third-order valence-corrected chi connectivity index (χ3v) is 7.15. The van der Waals surface area contributed by atoms with Gasteiger partial charge in [-0.1, -0.05) is 20.3 Å². The molecule has 2 fully saturated rings. The minimum atomic E-state index is -2.97. The Morgan fingerprint density at radius 2 is 2.15 bits per heavy atom. The van der Waals surface area contributed by atoms with Crippen molar-refractivity contribution in [2.24, 2.45) is 10.4 Å². The third-order valence-electron chi connectivity index (χ3n) is 5.38. The molecule has 2 heterocycles. The van der Waals surface area contributed by atoms with E-state index >= 15 is 0 Å². The van der Waals surface area contributed by atoms with Crippen LogP contribution >= 0.6 is 0 Å². The molecule has 0 saturated carbocycles. The minimum Gasteiger partial charge on any atom is -0.356 e. The number of sulfone groups is 1. The zero-order chi connectivity index (χ0) is 19.2. The first-order valence-corrected chi connectivity index (χ1v) is 11.5. The van der Waals surface area contributed by atoms with E-state index in [1.807, 2.05) is 0 Å². The molecular weight excluding hydrogens is 352 g/mol. The Labute approximate surface area is 157 Å². The quantitative estimate of drug-likeness (QED) is 0.528. The highest BCUT2D eigenvalue weighted by Crippen LogP contribution is 2.33. The maximum absolute atomic E-state index is 12.0. The van der Waals surface area contributed by atoms with Crippen LogP contribution in [0.25, 0.3) is 0 Å². The number of hydrogen-bond acceptors (Lipinski definition) is 4.